The summed E-state index contributed by atoms with van der Waals surface area (Å²) in [7, 11) is 0. The number of benzene rings is 1. The highest BCUT2D eigenvalue weighted by molar-refractivity contribution is 6.39. The van der Waals surface area contributed by atoms with Crippen molar-refractivity contribution in [3.05, 3.63) is 69.5 Å². The Labute approximate surface area is 195 Å². The van der Waals surface area contributed by atoms with E-state index in [4.69, 9.17) is 23.2 Å². The smallest absolute Gasteiger partial charge is 0.227 e. The maximum absolute atomic E-state index is 13.5. The lowest BCUT2D eigenvalue weighted by Gasteiger charge is -2.29. The van der Waals surface area contributed by atoms with E-state index < -0.39 is 6.17 Å². The number of nitrogens with zero attached hydrogens (tertiary/aromatic N) is 4. The van der Waals surface area contributed by atoms with Gasteiger partial charge in [-0.25, -0.2) is 14.4 Å². The third kappa shape index (κ3) is 5.34. The van der Waals surface area contributed by atoms with Crippen LogP contribution in [0.15, 0.2) is 42.6 Å². The number of halogens is 3. The number of hydrogen-bond acceptors (Lipinski definition) is 6. The maximum atomic E-state index is 13.5. The second kappa shape index (κ2) is 9.79. The molecule has 3 aromatic rings. The third-order valence-corrected chi connectivity index (χ3v) is 5.87. The monoisotopic (exact) mass is 473 g/mol. The molecule has 0 amide bonds. The summed E-state index contributed by atoms with van der Waals surface area (Å²) >= 11 is 12.3. The number of carbonyl (C=O) groups excluding carboxylic acids is 1. The maximum Gasteiger partial charge on any atom is 0.227 e. The highest BCUT2D eigenvalue weighted by Crippen LogP contribution is 2.26. The molecule has 3 heterocycles. The molecular weight excluding hydrogens is 452 g/mol. The normalized spacial score (nSPS) is 14.4. The Bertz CT molecular complexity index is 1110. The van der Waals surface area contributed by atoms with Gasteiger partial charge in [0.25, 0.3) is 0 Å². The highest BCUT2D eigenvalue weighted by atomic mass is 35.5. The second-order valence-corrected chi connectivity index (χ2v) is 8.54. The SMILES string of the molecule is Cc1cc(Nc2cc(CC(=O)c3c(Cl)cccc3Cl)ccn2)nc(N2CCC(F)CC2)n1. The van der Waals surface area contributed by atoms with Crippen molar-refractivity contribution in [2.24, 2.45) is 0 Å². The topological polar surface area (TPSA) is 71.0 Å². The van der Waals surface area contributed by atoms with Crippen LogP contribution in [-0.2, 0) is 6.42 Å². The van der Waals surface area contributed by atoms with Gasteiger partial charge in [-0.15, -0.1) is 0 Å². The molecule has 2 aromatic heterocycles. The van der Waals surface area contributed by atoms with Crippen molar-refractivity contribution in [3.8, 4) is 0 Å². The molecule has 0 unspecified atom stereocenters. The predicted molar refractivity (Wildman–Crippen MR) is 125 cm³/mol. The Morgan fingerprint density at radius 3 is 2.56 bits per heavy atom. The minimum absolute atomic E-state index is 0.132. The summed E-state index contributed by atoms with van der Waals surface area (Å²) in [5.41, 5.74) is 1.87. The fourth-order valence-corrected chi connectivity index (χ4v) is 4.24. The van der Waals surface area contributed by atoms with Gasteiger partial charge in [0.05, 0.1) is 15.6 Å². The summed E-state index contributed by atoms with van der Waals surface area (Å²) in [5.74, 6) is 1.53. The van der Waals surface area contributed by atoms with Crippen molar-refractivity contribution in [2.75, 3.05) is 23.3 Å². The van der Waals surface area contributed by atoms with Crippen molar-refractivity contribution < 1.29 is 9.18 Å². The number of alkyl halides is 1. The minimum Gasteiger partial charge on any atom is -0.341 e. The zero-order chi connectivity index (χ0) is 22.7. The molecule has 1 N–H and O–H groups in total. The number of hydrogen-bond donors (Lipinski definition) is 1. The van der Waals surface area contributed by atoms with Crippen molar-refractivity contribution in [3.63, 3.8) is 0 Å². The van der Waals surface area contributed by atoms with Crippen LogP contribution >= 0.6 is 23.2 Å². The number of anilines is 3. The molecule has 0 spiro atoms. The van der Waals surface area contributed by atoms with E-state index in [2.05, 4.69) is 20.3 Å². The van der Waals surface area contributed by atoms with Gasteiger partial charge >= 0.3 is 0 Å². The summed E-state index contributed by atoms with van der Waals surface area (Å²) in [6.45, 7) is 3.06. The molecule has 0 aliphatic carbocycles. The molecule has 0 saturated carbocycles. The van der Waals surface area contributed by atoms with Crippen LogP contribution < -0.4 is 10.2 Å². The highest BCUT2D eigenvalue weighted by Gasteiger charge is 2.21. The van der Waals surface area contributed by atoms with Gasteiger partial charge in [0.1, 0.15) is 17.8 Å². The van der Waals surface area contributed by atoms with Crippen molar-refractivity contribution >= 4 is 46.6 Å². The van der Waals surface area contributed by atoms with Crippen LogP contribution in [0.4, 0.5) is 22.0 Å². The molecule has 0 bridgehead atoms. The van der Waals surface area contributed by atoms with Gasteiger partial charge in [-0.2, -0.15) is 4.98 Å². The number of rotatable bonds is 6. The summed E-state index contributed by atoms with van der Waals surface area (Å²) < 4.78 is 13.5. The molecule has 1 saturated heterocycles. The van der Waals surface area contributed by atoms with Crippen LogP contribution in [0.1, 0.15) is 34.5 Å². The predicted octanol–water partition coefficient (Wildman–Crippen LogP) is 5.59. The Balaban J connectivity index is 1.50. The molecular formula is C23H22Cl2FN5O. The van der Waals surface area contributed by atoms with E-state index in [-0.39, 0.29) is 12.2 Å². The number of carbonyl (C=O) groups is 1. The lowest BCUT2D eigenvalue weighted by molar-refractivity contribution is 0.0993. The van der Waals surface area contributed by atoms with Gasteiger partial charge < -0.3 is 10.2 Å². The van der Waals surface area contributed by atoms with Crippen LogP contribution in [0.3, 0.4) is 0 Å². The van der Waals surface area contributed by atoms with Gasteiger partial charge in [0.15, 0.2) is 5.78 Å². The van der Waals surface area contributed by atoms with E-state index >= 15 is 0 Å². The van der Waals surface area contributed by atoms with Gasteiger partial charge in [-0.05, 0) is 49.6 Å². The average Bonchev–Trinajstić information content (AvgIpc) is 2.74. The Morgan fingerprint density at radius 2 is 1.84 bits per heavy atom. The van der Waals surface area contributed by atoms with Crippen molar-refractivity contribution in [2.45, 2.75) is 32.4 Å². The molecule has 1 aliphatic rings. The number of ketones is 1. The van der Waals surface area contributed by atoms with Crippen LogP contribution in [-0.4, -0.2) is 40.0 Å². The minimum atomic E-state index is -0.760. The summed E-state index contributed by atoms with van der Waals surface area (Å²) in [4.78, 5) is 28.1. The first-order valence-corrected chi connectivity index (χ1v) is 11.1. The summed E-state index contributed by atoms with van der Waals surface area (Å²) in [6.07, 6.45) is 1.96. The molecule has 1 aliphatic heterocycles. The second-order valence-electron chi connectivity index (χ2n) is 7.73. The van der Waals surface area contributed by atoms with Gasteiger partial charge in [0.2, 0.25) is 5.95 Å². The molecule has 0 atom stereocenters. The van der Waals surface area contributed by atoms with E-state index in [1.807, 2.05) is 17.9 Å². The Morgan fingerprint density at radius 1 is 1.12 bits per heavy atom. The van der Waals surface area contributed by atoms with Crippen molar-refractivity contribution in [1.82, 2.24) is 15.0 Å². The van der Waals surface area contributed by atoms with Crippen LogP contribution in [0, 0.1) is 6.92 Å². The average molecular weight is 474 g/mol. The van der Waals surface area contributed by atoms with Gasteiger partial charge in [-0.3, -0.25) is 4.79 Å². The van der Waals surface area contributed by atoms with Crippen LogP contribution in [0.5, 0.6) is 0 Å². The van der Waals surface area contributed by atoms with Crippen LogP contribution in [0.2, 0.25) is 10.0 Å². The zero-order valence-electron chi connectivity index (χ0n) is 17.5. The summed E-state index contributed by atoms with van der Waals surface area (Å²) in [5, 5.41) is 3.84. The van der Waals surface area contributed by atoms with E-state index in [1.54, 1.807) is 36.5 Å². The molecule has 1 fully saturated rings. The molecule has 9 heteroatoms. The third-order valence-electron chi connectivity index (χ3n) is 5.24. The molecule has 0 radical (unpaired) electrons. The van der Waals surface area contributed by atoms with Gasteiger partial charge in [0, 0.05) is 37.5 Å². The number of nitrogens with one attached hydrogen (secondary N) is 1. The molecule has 1 aromatic carbocycles. The first-order valence-electron chi connectivity index (χ1n) is 10.3. The molecule has 6 nitrogen and oxygen atoms in total. The quantitative estimate of drug-likeness (QED) is 0.470. The van der Waals surface area contributed by atoms with Gasteiger partial charge in [-0.1, -0.05) is 29.3 Å². The lowest BCUT2D eigenvalue weighted by Crippen LogP contribution is -2.35. The van der Waals surface area contributed by atoms with E-state index in [0.717, 1.165) is 11.3 Å². The number of Topliss-reactive ketones (excluding diaryl/α,β-unsaturated/α-hetero) is 1. The first-order chi connectivity index (χ1) is 15.4. The Kier molecular flexibility index (Phi) is 6.86. The lowest BCUT2D eigenvalue weighted by atomic mass is 10.0. The van der Waals surface area contributed by atoms with E-state index in [0.29, 0.717) is 59.1 Å². The molecule has 166 valence electrons. The molecule has 32 heavy (non-hydrogen) atoms. The molecule has 4 rings (SSSR count). The Hall–Kier alpha value is -2.77. The number of pyridine rings is 1. The zero-order valence-corrected chi connectivity index (χ0v) is 19.0. The summed E-state index contributed by atoms with van der Waals surface area (Å²) in [6, 6.07) is 10.4. The first kappa shape index (κ1) is 22.4. The fraction of sp³-hybridized carbons (Fsp3) is 0.304. The number of aromatic nitrogens is 3. The van der Waals surface area contributed by atoms with E-state index in [9.17, 15) is 9.18 Å². The standard InChI is InChI=1S/C23H22Cl2FN5O/c1-14-11-21(30-23(28-14)31-9-6-16(26)7-10-31)29-20-13-15(5-8-27-20)12-19(32)22-17(24)3-2-4-18(22)25/h2-5,8,11,13,16H,6-7,9-10,12H2,1H3,(H,27,28,29,30). The van der Waals surface area contributed by atoms with Crippen molar-refractivity contribution in [1.29, 1.82) is 0 Å². The largest absolute Gasteiger partial charge is 0.341 e. The van der Waals surface area contributed by atoms with Crippen LogP contribution in [0.25, 0.3) is 0 Å². The fourth-order valence-electron chi connectivity index (χ4n) is 3.63. The number of aryl methyl sites for hydroxylation is 1. The number of piperidine rings is 1. The van der Waals surface area contributed by atoms with E-state index in [1.165, 1.54) is 0 Å².